The van der Waals surface area contributed by atoms with Gasteiger partial charge in [0.15, 0.2) is 0 Å². The van der Waals surface area contributed by atoms with Gasteiger partial charge in [-0.2, -0.15) is 0 Å². The Hall–Kier alpha value is -2.13. The van der Waals surface area contributed by atoms with Gasteiger partial charge < -0.3 is 5.32 Å². The molecule has 1 fully saturated rings. The van der Waals surface area contributed by atoms with E-state index in [-0.39, 0.29) is 17.9 Å². The summed E-state index contributed by atoms with van der Waals surface area (Å²) in [7, 11) is 0. The van der Waals surface area contributed by atoms with Crippen LogP contribution in [-0.2, 0) is 11.3 Å². The van der Waals surface area contributed by atoms with Crippen molar-refractivity contribution in [2.24, 2.45) is 5.92 Å². The van der Waals surface area contributed by atoms with E-state index in [0.717, 1.165) is 32.5 Å². The van der Waals surface area contributed by atoms with Crippen molar-refractivity contribution in [2.75, 3.05) is 13.1 Å². The minimum atomic E-state index is 0.0584. The summed E-state index contributed by atoms with van der Waals surface area (Å²) in [4.78, 5) is 15.2. The van der Waals surface area contributed by atoms with Crippen molar-refractivity contribution in [3.63, 3.8) is 0 Å². The van der Waals surface area contributed by atoms with Gasteiger partial charge in [-0.15, -0.1) is 0 Å². The van der Waals surface area contributed by atoms with Crippen LogP contribution in [0.4, 0.5) is 0 Å². The van der Waals surface area contributed by atoms with Crippen LogP contribution in [0.3, 0.4) is 0 Å². The summed E-state index contributed by atoms with van der Waals surface area (Å²) in [5.74, 6) is 0.337. The summed E-state index contributed by atoms with van der Waals surface area (Å²) in [6.07, 6.45) is 1.88. The Balaban J connectivity index is 1.51. The van der Waals surface area contributed by atoms with Crippen molar-refractivity contribution in [1.82, 2.24) is 10.2 Å². The second-order valence-corrected chi connectivity index (χ2v) is 8.07. The van der Waals surface area contributed by atoms with Crippen molar-refractivity contribution in [3.8, 4) is 0 Å². The van der Waals surface area contributed by atoms with Crippen molar-refractivity contribution in [1.29, 1.82) is 0 Å². The molecule has 0 aromatic heterocycles. The van der Waals surface area contributed by atoms with Crippen LogP contribution in [0.15, 0.2) is 42.5 Å². The van der Waals surface area contributed by atoms with Crippen LogP contribution in [0, 0.1) is 26.7 Å². The van der Waals surface area contributed by atoms with E-state index in [1.165, 1.54) is 27.8 Å². The lowest BCUT2D eigenvalue weighted by Gasteiger charge is -2.32. The Bertz CT molecular complexity index is 791. The van der Waals surface area contributed by atoms with Gasteiger partial charge in [-0.05, 0) is 75.9 Å². The number of carbonyl (C=O) groups excluding carboxylic acids is 1. The number of hydrogen-bond donors (Lipinski definition) is 1. The molecule has 3 rings (SSSR count). The van der Waals surface area contributed by atoms with Gasteiger partial charge in [0.25, 0.3) is 0 Å². The standard InChI is InChI=1S/C24H32N2O/c1-17-9-10-23(19(3)15-17)20(4)25-24(27)21-11-13-26(14-12-21)16-22-8-6-5-7-18(22)2/h5-10,15,20-21H,11-14,16H2,1-4H3,(H,25,27)/t20-/m1/s1. The summed E-state index contributed by atoms with van der Waals surface area (Å²) in [5, 5.41) is 3.24. The van der Waals surface area contributed by atoms with Crippen LogP contribution in [0.25, 0.3) is 0 Å². The SMILES string of the molecule is Cc1ccc([C@@H](C)NC(=O)C2CCN(Cc3ccccc3C)CC2)c(C)c1. The summed E-state index contributed by atoms with van der Waals surface area (Å²) in [6, 6.07) is 15.1. The average molecular weight is 365 g/mol. The maximum absolute atomic E-state index is 12.7. The molecule has 0 radical (unpaired) electrons. The van der Waals surface area contributed by atoms with Crippen LogP contribution in [-0.4, -0.2) is 23.9 Å². The molecule has 1 aliphatic rings. The molecule has 0 spiro atoms. The second-order valence-electron chi connectivity index (χ2n) is 8.07. The van der Waals surface area contributed by atoms with E-state index in [2.05, 4.69) is 80.4 Å². The molecule has 2 aromatic carbocycles. The van der Waals surface area contributed by atoms with E-state index in [4.69, 9.17) is 0 Å². The van der Waals surface area contributed by atoms with E-state index in [1.807, 2.05) is 0 Å². The fourth-order valence-corrected chi connectivity index (χ4v) is 4.10. The molecule has 0 bridgehead atoms. The molecule has 1 atom stereocenters. The van der Waals surface area contributed by atoms with Gasteiger partial charge in [-0.1, -0.05) is 48.0 Å². The molecule has 0 saturated carbocycles. The topological polar surface area (TPSA) is 32.3 Å². The molecule has 1 heterocycles. The van der Waals surface area contributed by atoms with Gasteiger partial charge in [0.2, 0.25) is 5.91 Å². The first-order valence-electron chi connectivity index (χ1n) is 10.1. The lowest BCUT2D eigenvalue weighted by molar-refractivity contribution is -0.127. The molecule has 1 N–H and O–H groups in total. The zero-order valence-electron chi connectivity index (χ0n) is 17.1. The smallest absolute Gasteiger partial charge is 0.223 e. The Kier molecular flexibility index (Phi) is 6.33. The van der Waals surface area contributed by atoms with Crippen molar-refractivity contribution in [3.05, 3.63) is 70.3 Å². The fourth-order valence-electron chi connectivity index (χ4n) is 4.10. The summed E-state index contributed by atoms with van der Waals surface area (Å²) >= 11 is 0. The first-order chi connectivity index (χ1) is 12.9. The van der Waals surface area contributed by atoms with E-state index in [0.29, 0.717) is 0 Å². The van der Waals surface area contributed by atoms with Gasteiger partial charge in [0.1, 0.15) is 0 Å². The van der Waals surface area contributed by atoms with E-state index >= 15 is 0 Å². The highest BCUT2D eigenvalue weighted by molar-refractivity contribution is 5.79. The van der Waals surface area contributed by atoms with E-state index < -0.39 is 0 Å². The Morgan fingerprint density at radius 2 is 1.78 bits per heavy atom. The van der Waals surface area contributed by atoms with Crippen molar-refractivity contribution < 1.29 is 4.79 Å². The number of amides is 1. The molecule has 1 saturated heterocycles. The number of nitrogens with one attached hydrogen (secondary N) is 1. The number of nitrogens with zero attached hydrogens (tertiary/aromatic N) is 1. The van der Waals surface area contributed by atoms with Crippen molar-refractivity contribution in [2.45, 2.75) is 53.1 Å². The zero-order valence-corrected chi connectivity index (χ0v) is 17.1. The maximum atomic E-state index is 12.7. The molecule has 3 nitrogen and oxygen atoms in total. The Morgan fingerprint density at radius 1 is 1.07 bits per heavy atom. The van der Waals surface area contributed by atoms with Crippen molar-refractivity contribution >= 4 is 5.91 Å². The van der Waals surface area contributed by atoms with Crippen LogP contribution in [0.2, 0.25) is 0 Å². The summed E-state index contributed by atoms with van der Waals surface area (Å²) in [6.45, 7) is 11.4. The van der Waals surface area contributed by atoms with Gasteiger partial charge in [-0.3, -0.25) is 9.69 Å². The third-order valence-corrected chi connectivity index (χ3v) is 5.86. The highest BCUT2D eigenvalue weighted by Gasteiger charge is 2.26. The third kappa shape index (κ3) is 4.98. The second kappa shape index (κ2) is 8.71. The van der Waals surface area contributed by atoms with Gasteiger partial charge >= 0.3 is 0 Å². The molecule has 1 amide bonds. The lowest BCUT2D eigenvalue weighted by Crippen LogP contribution is -2.41. The molecular formula is C24H32N2O. The van der Waals surface area contributed by atoms with Gasteiger partial charge in [0.05, 0.1) is 6.04 Å². The van der Waals surface area contributed by atoms with E-state index in [1.54, 1.807) is 0 Å². The molecule has 0 unspecified atom stereocenters. The molecular weight excluding hydrogens is 332 g/mol. The summed E-state index contributed by atoms with van der Waals surface area (Å²) < 4.78 is 0. The molecule has 27 heavy (non-hydrogen) atoms. The number of rotatable bonds is 5. The first kappa shape index (κ1) is 19.6. The first-order valence-corrected chi connectivity index (χ1v) is 10.1. The Labute approximate surface area is 163 Å². The number of aryl methyl sites for hydroxylation is 3. The number of likely N-dealkylation sites (tertiary alicyclic amines) is 1. The Morgan fingerprint density at radius 3 is 2.44 bits per heavy atom. The predicted octanol–water partition coefficient (Wildman–Crippen LogP) is 4.70. The highest BCUT2D eigenvalue weighted by Crippen LogP contribution is 2.23. The number of hydrogen-bond acceptors (Lipinski definition) is 2. The molecule has 1 aliphatic heterocycles. The largest absolute Gasteiger partial charge is 0.349 e. The third-order valence-electron chi connectivity index (χ3n) is 5.86. The van der Waals surface area contributed by atoms with Crippen LogP contribution in [0.5, 0.6) is 0 Å². The normalized spacial score (nSPS) is 16.9. The monoisotopic (exact) mass is 364 g/mol. The lowest BCUT2D eigenvalue weighted by atomic mass is 9.94. The number of carbonyl (C=O) groups is 1. The fraction of sp³-hybridized carbons (Fsp3) is 0.458. The predicted molar refractivity (Wildman–Crippen MR) is 112 cm³/mol. The quantitative estimate of drug-likeness (QED) is 0.834. The minimum absolute atomic E-state index is 0.0584. The molecule has 0 aliphatic carbocycles. The minimum Gasteiger partial charge on any atom is -0.349 e. The molecule has 144 valence electrons. The maximum Gasteiger partial charge on any atom is 0.223 e. The van der Waals surface area contributed by atoms with Crippen LogP contribution in [0.1, 0.15) is 53.6 Å². The van der Waals surface area contributed by atoms with Crippen LogP contribution >= 0.6 is 0 Å². The van der Waals surface area contributed by atoms with E-state index in [9.17, 15) is 4.79 Å². The number of piperidine rings is 1. The zero-order chi connectivity index (χ0) is 19.4. The van der Waals surface area contributed by atoms with Gasteiger partial charge in [-0.25, -0.2) is 0 Å². The molecule has 3 heteroatoms. The van der Waals surface area contributed by atoms with Crippen LogP contribution < -0.4 is 5.32 Å². The molecule has 2 aromatic rings. The highest BCUT2D eigenvalue weighted by atomic mass is 16.1. The average Bonchev–Trinajstić information content (AvgIpc) is 2.64. The van der Waals surface area contributed by atoms with Gasteiger partial charge in [0, 0.05) is 12.5 Å². The summed E-state index contributed by atoms with van der Waals surface area (Å²) in [5.41, 5.74) is 6.46. The number of benzene rings is 2.